The Balaban J connectivity index is 1.39. The van der Waals surface area contributed by atoms with Crippen LogP contribution in [0.25, 0.3) is 11.3 Å². The van der Waals surface area contributed by atoms with Gasteiger partial charge in [-0.05, 0) is 36.6 Å². The van der Waals surface area contributed by atoms with Crippen molar-refractivity contribution >= 4 is 27.6 Å². The van der Waals surface area contributed by atoms with Crippen LogP contribution in [0.2, 0.25) is 5.02 Å². The number of likely N-dealkylation sites (tertiary alicyclic amines) is 1. The van der Waals surface area contributed by atoms with Gasteiger partial charge in [-0.25, -0.2) is 18.1 Å². The van der Waals surface area contributed by atoms with E-state index in [9.17, 15) is 8.42 Å². The molecule has 3 heterocycles. The van der Waals surface area contributed by atoms with Crippen molar-refractivity contribution in [1.82, 2.24) is 24.6 Å². The first-order chi connectivity index (χ1) is 17.7. The summed E-state index contributed by atoms with van der Waals surface area (Å²) < 4.78 is 36.0. The van der Waals surface area contributed by atoms with Crippen LogP contribution >= 0.6 is 11.6 Å². The molecule has 0 radical (unpaired) electrons. The normalized spacial score (nSPS) is 14.4. The monoisotopic (exact) mass is 538 g/mol. The summed E-state index contributed by atoms with van der Waals surface area (Å²) in [5, 5.41) is 4.69. The molecule has 0 unspecified atom stereocenters. The lowest BCUT2D eigenvalue weighted by Crippen LogP contribution is -2.53. The van der Waals surface area contributed by atoms with E-state index in [2.05, 4.69) is 24.7 Å². The number of aryl methyl sites for hydroxylation is 3. The number of nitrogens with zero attached hydrogens (tertiary/aromatic N) is 5. The summed E-state index contributed by atoms with van der Waals surface area (Å²) >= 11 is 6.30. The molecule has 9 nitrogen and oxygen atoms in total. The zero-order valence-electron chi connectivity index (χ0n) is 20.7. The third-order valence-corrected chi connectivity index (χ3v) is 7.87. The van der Waals surface area contributed by atoms with Crippen molar-refractivity contribution in [1.29, 1.82) is 0 Å². The minimum atomic E-state index is -3.93. The number of hydrogen-bond donors (Lipinski definition) is 1. The number of anilines is 1. The van der Waals surface area contributed by atoms with Gasteiger partial charge >= 0.3 is 0 Å². The first-order valence-corrected chi connectivity index (χ1v) is 13.6. The Hall–Kier alpha value is -3.47. The number of hydrogen-bond acceptors (Lipinski definition) is 7. The van der Waals surface area contributed by atoms with E-state index < -0.39 is 10.0 Å². The topological polar surface area (TPSA) is 102 Å². The highest BCUT2D eigenvalue weighted by Crippen LogP contribution is 2.30. The lowest BCUT2D eigenvalue weighted by molar-refractivity contribution is 0.0119. The molecule has 0 bridgehead atoms. The Kier molecular flexibility index (Phi) is 6.89. The number of aromatic nitrogens is 4. The van der Waals surface area contributed by atoms with Crippen molar-refractivity contribution in [3.05, 3.63) is 82.6 Å². The summed E-state index contributed by atoms with van der Waals surface area (Å²) in [7, 11) is -2.28. The highest BCUT2D eigenvalue weighted by molar-refractivity contribution is 7.92. The Labute approximate surface area is 221 Å². The fraction of sp³-hybridized carbons (Fsp3) is 0.269. The molecule has 1 saturated heterocycles. The zero-order chi connectivity index (χ0) is 26.2. The fourth-order valence-corrected chi connectivity index (χ4v) is 5.48. The van der Waals surface area contributed by atoms with Crippen LogP contribution in [0.3, 0.4) is 0 Å². The lowest BCUT2D eigenvalue weighted by atomic mass is 10.00. The molecule has 0 spiro atoms. The van der Waals surface area contributed by atoms with Crippen LogP contribution in [0.5, 0.6) is 5.88 Å². The largest absolute Gasteiger partial charge is 0.471 e. The van der Waals surface area contributed by atoms with Gasteiger partial charge in [0.2, 0.25) is 11.8 Å². The highest BCUT2D eigenvalue weighted by Gasteiger charge is 2.30. The Morgan fingerprint density at radius 3 is 2.49 bits per heavy atom. The molecule has 0 amide bonds. The molecule has 1 aliphatic rings. The number of rotatable bonds is 8. The van der Waals surface area contributed by atoms with Crippen LogP contribution in [0.15, 0.2) is 65.8 Å². The van der Waals surface area contributed by atoms with E-state index in [1.165, 1.54) is 17.1 Å². The second kappa shape index (κ2) is 10.1. The average molecular weight is 539 g/mol. The molecule has 5 rings (SSSR count). The highest BCUT2D eigenvalue weighted by atomic mass is 35.5. The maximum absolute atomic E-state index is 12.9. The molecule has 1 fully saturated rings. The summed E-state index contributed by atoms with van der Waals surface area (Å²) in [5.74, 6) is 0.241. The number of nitrogens with one attached hydrogen (secondary N) is 1. The molecular weight excluding hydrogens is 512 g/mol. The van der Waals surface area contributed by atoms with Crippen molar-refractivity contribution in [2.45, 2.75) is 31.4 Å². The van der Waals surface area contributed by atoms with Gasteiger partial charge in [-0.1, -0.05) is 48.0 Å². The van der Waals surface area contributed by atoms with E-state index in [0.29, 0.717) is 24.7 Å². The van der Waals surface area contributed by atoms with E-state index >= 15 is 0 Å². The first-order valence-electron chi connectivity index (χ1n) is 11.8. The maximum Gasteiger partial charge on any atom is 0.267 e. The van der Waals surface area contributed by atoms with Crippen LogP contribution in [0, 0.1) is 13.8 Å². The molecule has 0 aliphatic carbocycles. The van der Waals surface area contributed by atoms with Gasteiger partial charge in [-0.3, -0.25) is 9.58 Å². The van der Waals surface area contributed by atoms with Crippen molar-refractivity contribution < 1.29 is 13.2 Å². The number of benzene rings is 2. The van der Waals surface area contributed by atoms with Crippen LogP contribution in [0.4, 0.5) is 5.95 Å². The van der Waals surface area contributed by atoms with Crippen LogP contribution in [-0.2, 0) is 23.6 Å². The minimum absolute atomic E-state index is 0.0211. The number of halogens is 1. The smallest absolute Gasteiger partial charge is 0.267 e. The van der Waals surface area contributed by atoms with Crippen LogP contribution in [-0.4, -0.2) is 52.3 Å². The van der Waals surface area contributed by atoms with E-state index in [4.69, 9.17) is 16.3 Å². The standard InChI is InChI=1S/C26H27ClN6O3S/c1-17-7-6-8-18(2)25(17)23-11-24(30-26(29-23)31-37(34,35)21-12-28-32(3)16-21)36-20-14-33(15-20)13-19-9-4-5-10-22(19)27/h4-12,16,20H,13-15H2,1-3H3,(H,29,30,31). The summed E-state index contributed by atoms with van der Waals surface area (Å²) in [5.41, 5.74) is 4.58. The molecule has 192 valence electrons. The molecule has 11 heteroatoms. The fourth-order valence-electron chi connectivity index (χ4n) is 4.36. The number of ether oxygens (including phenoxy) is 1. The van der Waals surface area contributed by atoms with Crippen molar-refractivity contribution in [2.24, 2.45) is 7.05 Å². The second-order valence-corrected chi connectivity index (χ2v) is 11.3. The Morgan fingerprint density at radius 2 is 1.81 bits per heavy atom. The van der Waals surface area contributed by atoms with Crippen molar-refractivity contribution in [3.63, 3.8) is 0 Å². The van der Waals surface area contributed by atoms with E-state index in [-0.39, 0.29) is 16.9 Å². The third-order valence-electron chi connectivity index (χ3n) is 6.22. The SMILES string of the molecule is Cc1cccc(C)c1-c1cc(OC2CN(Cc3ccccc3Cl)C2)nc(NS(=O)(=O)c2cnn(C)c2)n1. The third kappa shape index (κ3) is 5.61. The predicted octanol–water partition coefficient (Wildman–Crippen LogP) is 4.21. The average Bonchev–Trinajstić information content (AvgIpc) is 3.26. The zero-order valence-corrected chi connectivity index (χ0v) is 22.3. The summed E-state index contributed by atoms with van der Waals surface area (Å²) in [6.45, 7) is 6.11. The molecule has 1 N–H and O–H groups in total. The Morgan fingerprint density at radius 1 is 1.08 bits per heavy atom. The summed E-state index contributed by atoms with van der Waals surface area (Å²) in [4.78, 5) is 11.2. The van der Waals surface area contributed by atoms with E-state index in [0.717, 1.165) is 33.8 Å². The lowest BCUT2D eigenvalue weighted by Gasteiger charge is -2.38. The van der Waals surface area contributed by atoms with Gasteiger partial charge in [0.05, 0.1) is 11.9 Å². The molecule has 37 heavy (non-hydrogen) atoms. The van der Waals surface area contributed by atoms with E-state index in [1.54, 1.807) is 13.1 Å². The Bertz CT molecular complexity index is 1530. The predicted molar refractivity (Wildman–Crippen MR) is 142 cm³/mol. The maximum atomic E-state index is 12.9. The summed E-state index contributed by atoms with van der Waals surface area (Å²) in [6.07, 6.45) is 2.60. The molecule has 4 aromatic rings. The second-order valence-electron chi connectivity index (χ2n) is 9.16. The number of sulfonamides is 1. The molecule has 2 aromatic heterocycles. The van der Waals surface area contributed by atoms with Gasteiger partial charge in [0, 0.05) is 49.5 Å². The quantitative estimate of drug-likeness (QED) is 0.358. The summed E-state index contributed by atoms with van der Waals surface area (Å²) in [6, 6.07) is 15.5. The van der Waals surface area contributed by atoms with Gasteiger partial charge < -0.3 is 4.74 Å². The molecule has 0 atom stereocenters. The van der Waals surface area contributed by atoms with Crippen LogP contribution < -0.4 is 9.46 Å². The van der Waals surface area contributed by atoms with Crippen molar-refractivity contribution in [3.8, 4) is 17.1 Å². The minimum Gasteiger partial charge on any atom is -0.471 e. The first kappa shape index (κ1) is 25.2. The van der Waals surface area contributed by atoms with Gasteiger partial charge in [0.15, 0.2) is 0 Å². The van der Waals surface area contributed by atoms with Crippen LogP contribution in [0.1, 0.15) is 16.7 Å². The van der Waals surface area contributed by atoms with Gasteiger partial charge in [-0.2, -0.15) is 10.1 Å². The molecule has 0 saturated carbocycles. The van der Waals surface area contributed by atoms with E-state index in [1.807, 2.05) is 56.3 Å². The van der Waals surface area contributed by atoms with Gasteiger partial charge in [0.25, 0.3) is 10.0 Å². The van der Waals surface area contributed by atoms with Crippen molar-refractivity contribution in [2.75, 3.05) is 17.8 Å². The molecular formula is C26H27ClN6O3S. The van der Waals surface area contributed by atoms with Gasteiger partial charge in [-0.15, -0.1) is 0 Å². The molecule has 2 aromatic carbocycles. The molecule has 1 aliphatic heterocycles. The van der Waals surface area contributed by atoms with Gasteiger partial charge in [0.1, 0.15) is 11.0 Å².